The second kappa shape index (κ2) is 4.10. The van der Waals surface area contributed by atoms with Crippen LogP contribution in [0.1, 0.15) is 23.0 Å². The lowest BCUT2D eigenvalue weighted by Gasteiger charge is -2.16. The summed E-state index contributed by atoms with van der Waals surface area (Å²) in [5, 5.41) is 0. The van der Waals surface area contributed by atoms with Gasteiger partial charge in [-0.05, 0) is 30.3 Å². The van der Waals surface area contributed by atoms with Gasteiger partial charge in [-0.25, -0.2) is 0 Å². The summed E-state index contributed by atoms with van der Waals surface area (Å²) in [6, 6.07) is 17.0. The van der Waals surface area contributed by atoms with Crippen molar-refractivity contribution < 1.29 is 4.74 Å². The minimum Gasteiger partial charge on any atom is -0.457 e. The molecule has 2 aliphatic heterocycles. The molecule has 2 nitrogen and oxygen atoms in total. The van der Waals surface area contributed by atoms with Crippen molar-refractivity contribution in [3.05, 3.63) is 59.7 Å². The minimum absolute atomic E-state index is 0.546. The van der Waals surface area contributed by atoms with Gasteiger partial charge in [0.1, 0.15) is 11.5 Å². The molecule has 19 heavy (non-hydrogen) atoms. The topological polar surface area (TPSA) is 12.5 Å². The Kier molecular flexibility index (Phi) is 2.39. The summed E-state index contributed by atoms with van der Waals surface area (Å²) in [6.07, 6.45) is 0. The van der Waals surface area contributed by atoms with Crippen molar-refractivity contribution in [2.24, 2.45) is 0 Å². The summed E-state index contributed by atoms with van der Waals surface area (Å²) in [5.74, 6) is 3.14. The van der Waals surface area contributed by atoms with E-state index in [0.29, 0.717) is 11.8 Å². The Labute approximate surface area is 113 Å². The Morgan fingerprint density at radius 1 is 0.842 bits per heavy atom. The van der Waals surface area contributed by atoms with Crippen molar-refractivity contribution in [2.45, 2.75) is 11.8 Å². The summed E-state index contributed by atoms with van der Waals surface area (Å²) < 4.78 is 6.16. The largest absolute Gasteiger partial charge is 0.457 e. The number of likely N-dealkylation sites (tertiary alicyclic amines) is 1. The third-order valence-electron chi connectivity index (χ3n) is 4.36. The van der Waals surface area contributed by atoms with Crippen LogP contribution in [0.4, 0.5) is 0 Å². The summed E-state index contributed by atoms with van der Waals surface area (Å²) in [7, 11) is 2.21. The lowest BCUT2D eigenvalue weighted by molar-refractivity contribution is 0.401. The Hall–Kier alpha value is -1.80. The van der Waals surface area contributed by atoms with E-state index in [4.69, 9.17) is 4.74 Å². The molecule has 0 spiro atoms. The molecule has 1 saturated heterocycles. The Bertz CT molecular complexity index is 569. The SMILES string of the molecule is CN1C[C@H]2c3ccccc3Oc3ccccc3[C@@H]2C1. The fourth-order valence-corrected chi connectivity index (χ4v) is 3.51. The number of hydrogen-bond acceptors (Lipinski definition) is 2. The van der Waals surface area contributed by atoms with Crippen LogP contribution in [0.5, 0.6) is 11.5 Å². The lowest BCUT2D eigenvalue weighted by Crippen LogP contribution is -2.14. The first-order valence-corrected chi connectivity index (χ1v) is 6.87. The molecule has 0 N–H and O–H groups in total. The van der Waals surface area contributed by atoms with Crippen LogP contribution in [-0.4, -0.2) is 25.0 Å². The van der Waals surface area contributed by atoms with Gasteiger partial charge in [0.2, 0.25) is 0 Å². The number of fused-ring (bicyclic) bond motifs is 5. The molecule has 1 fully saturated rings. The predicted molar refractivity (Wildman–Crippen MR) is 75.9 cm³/mol. The molecule has 2 heterocycles. The van der Waals surface area contributed by atoms with Gasteiger partial charge in [0.05, 0.1) is 0 Å². The lowest BCUT2D eigenvalue weighted by atomic mass is 9.84. The Morgan fingerprint density at radius 2 is 1.32 bits per heavy atom. The quantitative estimate of drug-likeness (QED) is 0.709. The predicted octanol–water partition coefficient (Wildman–Crippen LogP) is 3.61. The van der Waals surface area contributed by atoms with Gasteiger partial charge >= 0.3 is 0 Å². The van der Waals surface area contributed by atoms with E-state index >= 15 is 0 Å². The zero-order valence-electron chi connectivity index (χ0n) is 11.0. The minimum atomic E-state index is 0.546. The molecule has 0 bridgehead atoms. The first-order chi connectivity index (χ1) is 9.33. The van der Waals surface area contributed by atoms with E-state index in [1.54, 1.807) is 0 Å². The highest BCUT2D eigenvalue weighted by atomic mass is 16.5. The van der Waals surface area contributed by atoms with Crippen molar-refractivity contribution in [2.75, 3.05) is 20.1 Å². The van der Waals surface area contributed by atoms with Crippen LogP contribution in [0, 0.1) is 0 Å². The van der Waals surface area contributed by atoms with E-state index in [2.05, 4.69) is 60.5 Å². The first kappa shape index (κ1) is 11.1. The molecule has 2 atom stereocenters. The smallest absolute Gasteiger partial charge is 0.130 e. The number of likely N-dealkylation sites (N-methyl/N-ethyl adjacent to an activating group) is 1. The molecule has 0 unspecified atom stereocenters. The average molecular weight is 251 g/mol. The van der Waals surface area contributed by atoms with Crippen LogP contribution in [-0.2, 0) is 0 Å². The van der Waals surface area contributed by atoms with Gasteiger partial charge in [0.15, 0.2) is 0 Å². The van der Waals surface area contributed by atoms with Gasteiger partial charge in [0.25, 0.3) is 0 Å². The molecule has 0 saturated carbocycles. The molecule has 2 aromatic carbocycles. The van der Waals surface area contributed by atoms with Crippen molar-refractivity contribution in [3.8, 4) is 11.5 Å². The second-order valence-electron chi connectivity index (χ2n) is 5.61. The fraction of sp³-hybridized carbons (Fsp3) is 0.294. The molecule has 0 aliphatic carbocycles. The van der Waals surface area contributed by atoms with Gasteiger partial charge in [-0.3, -0.25) is 0 Å². The fourth-order valence-electron chi connectivity index (χ4n) is 3.51. The van der Waals surface area contributed by atoms with Gasteiger partial charge in [-0.1, -0.05) is 36.4 Å². The molecule has 0 amide bonds. The first-order valence-electron chi connectivity index (χ1n) is 6.87. The molecule has 2 aliphatic rings. The summed E-state index contributed by atoms with van der Waals surface area (Å²) in [6.45, 7) is 2.22. The number of nitrogens with zero attached hydrogens (tertiary/aromatic N) is 1. The van der Waals surface area contributed by atoms with Crippen molar-refractivity contribution in [3.63, 3.8) is 0 Å². The monoisotopic (exact) mass is 251 g/mol. The van der Waals surface area contributed by atoms with E-state index in [-0.39, 0.29) is 0 Å². The molecule has 2 aromatic rings. The number of para-hydroxylation sites is 2. The van der Waals surface area contributed by atoms with Gasteiger partial charge in [-0.15, -0.1) is 0 Å². The normalized spacial score (nSPS) is 24.9. The molecular weight excluding hydrogens is 234 g/mol. The summed E-state index contributed by atoms with van der Waals surface area (Å²) >= 11 is 0. The highest BCUT2D eigenvalue weighted by molar-refractivity contribution is 5.50. The maximum Gasteiger partial charge on any atom is 0.130 e. The van der Waals surface area contributed by atoms with Crippen LogP contribution in [0.25, 0.3) is 0 Å². The van der Waals surface area contributed by atoms with E-state index in [1.807, 2.05) is 0 Å². The Balaban J connectivity index is 1.93. The zero-order valence-corrected chi connectivity index (χ0v) is 11.0. The number of hydrogen-bond donors (Lipinski definition) is 0. The van der Waals surface area contributed by atoms with E-state index in [1.165, 1.54) is 11.1 Å². The van der Waals surface area contributed by atoms with Crippen molar-refractivity contribution in [1.29, 1.82) is 0 Å². The summed E-state index contributed by atoms with van der Waals surface area (Å²) in [5.41, 5.74) is 2.71. The van der Waals surface area contributed by atoms with E-state index in [9.17, 15) is 0 Å². The highest BCUT2D eigenvalue weighted by Crippen LogP contribution is 2.49. The van der Waals surface area contributed by atoms with Crippen LogP contribution in [0.2, 0.25) is 0 Å². The number of ether oxygens (including phenoxy) is 1. The number of rotatable bonds is 0. The molecule has 0 radical (unpaired) electrons. The van der Waals surface area contributed by atoms with Crippen LogP contribution in [0.3, 0.4) is 0 Å². The van der Waals surface area contributed by atoms with Crippen LogP contribution < -0.4 is 4.74 Å². The van der Waals surface area contributed by atoms with Crippen LogP contribution >= 0.6 is 0 Å². The third-order valence-corrected chi connectivity index (χ3v) is 4.36. The van der Waals surface area contributed by atoms with Crippen molar-refractivity contribution in [1.82, 2.24) is 4.90 Å². The highest BCUT2D eigenvalue weighted by Gasteiger charge is 2.38. The zero-order chi connectivity index (χ0) is 12.8. The average Bonchev–Trinajstić information content (AvgIpc) is 2.76. The molecular formula is C17H17NO. The molecule has 2 heteroatoms. The molecule has 0 aromatic heterocycles. The van der Waals surface area contributed by atoms with E-state index < -0.39 is 0 Å². The standard InChI is InChI=1S/C17H17NO/c1-18-10-14-12-6-2-4-8-16(12)19-17-9-5-3-7-13(17)15(14)11-18/h2-9,14-15H,10-11H2,1H3/t14-,15-/m0/s1. The third kappa shape index (κ3) is 1.67. The Morgan fingerprint density at radius 3 is 1.84 bits per heavy atom. The van der Waals surface area contributed by atoms with Gasteiger partial charge < -0.3 is 9.64 Å². The molecule has 96 valence electrons. The van der Waals surface area contributed by atoms with E-state index in [0.717, 1.165) is 24.6 Å². The maximum atomic E-state index is 6.16. The molecule has 4 rings (SSSR count). The van der Waals surface area contributed by atoms with Gasteiger partial charge in [-0.2, -0.15) is 0 Å². The van der Waals surface area contributed by atoms with Crippen LogP contribution in [0.15, 0.2) is 48.5 Å². The number of benzene rings is 2. The maximum absolute atomic E-state index is 6.16. The summed E-state index contributed by atoms with van der Waals surface area (Å²) in [4.78, 5) is 2.42. The van der Waals surface area contributed by atoms with Crippen molar-refractivity contribution >= 4 is 0 Å². The second-order valence-corrected chi connectivity index (χ2v) is 5.61. The van der Waals surface area contributed by atoms with Gasteiger partial charge in [0, 0.05) is 24.9 Å².